The fourth-order valence-electron chi connectivity index (χ4n) is 1.94. The van der Waals surface area contributed by atoms with E-state index < -0.39 is 0 Å². The van der Waals surface area contributed by atoms with Crippen molar-refractivity contribution < 1.29 is 4.79 Å². The van der Waals surface area contributed by atoms with Gasteiger partial charge in [0.05, 0.1) is 5.52 Å². The summed E-state index contributed by atoms with van der Waals surface area (Å²) in [4.78, 5) is 17.7. The highest BCUT2D eigenvalue weighted by molar-refractivity contribution is 14.1. The van der Waals surface area contributed by atoms with E-state index in [1.165, 1.54) is 11.8 Å². The van der Waals surface area contributed by atoms with E-state index >= 15 is 0 Å². The number of nitrogens with zero attached hydrogens (tertiary/aromatic N) is 1. The number of halogens is 1. The minimum absolute atomic E-state index is 0.0492. The molecule has 0 amide bonds. The Kier molecular flexibility index (Phi) is 4.03. The number of para-hydroxylation sites is 1. The van der Waals surface area contributed by atoms with Crippen LogP contribution in [0.25, 0.3) is 10.9 Å². The number of rotatable bonds is 2. The Bertz CT molecular complexity index is 783. The summed E-state index contributed by atoms with van der Waals surface area (Å²) in [5, 5.41) is 1.10. The lowest BCUT2D eigenvalue weighted by atomic mass is 10.2. The van der Waals surface area contributed by atoms with Crippen molar-refractivity contribution in [3.05, 3.63) is 69.9 Å². The van der Waals surface area contributed by atoms with Gasteiger partial charge in [0.15, 0.2) is 0 Å². The summed E-state index contributed by atoms with van der Waals surface area (Å²) >= 11 is 3.42. The van der Waals surface area contributed by atoms with Gasteiger partial charge in [-0.2, -0.15) is 0 Å². The fraction of sp³-hybridized carbons (Fsp3) is 0. The fourth-order valence-corrected chi connectivity index (χ4v) is 3.66. The smallest absolute Gasteiger partial charge is 0.225 e. The molecule has 0 spiro atoms. The van der Waals surface area contributed by atoms with Crippen LogP contribution < -0.4 is 0 Å². The molecule has 2 nitrogen and oxygen atoms in total. The summed E-state index contributed by atoms with van der Waals surface area (Å²) in [6.07, 6.45) is 1.75. The van der Waals surface area contributed by atoms with Crippen molar-refractivity contribution in [2.45, 2.75) is 4.90 Å². The first-order chi connectivity index (χ1) is 9.75. The third-order valence-corrected chi connectivity index (χ3v) is 4.79. The summed E-state index contributed by atoms with van der Waals surface area (Å²) in [6, 6.07) is 17.4. The number of benzene rings is 2. The maximum absolute atomic E-state index is 12.4. The highest BCUT2D eigenvalue weighted by atomic mass is 127. The molecule has 1 heterocycles. The monoisotopic (exact) mass is 391 g/mol. The van der Waals surface area contributed by atoms with Gasteiger partial charge in [-0.1, -0.05) is 30.3 Å². The molecule has 98 valence electrons. The topological polar surface area (TPSA) is 30.0 Å². The number of pyridine rings is 1. The maximum atomic E-state index is 12.4. The van der Waals surface area contributed by atoms with Crippen LogP contribution in [0, 0.1) is 3.57 Å². The quantitative estimate of drug-likeness (QED) is 0.466. The minimum atomic E-state index is 0.0492. The Hall–Kier alpha value is -1.40. The van der Waals surface area contributed by atoms with E-state index in [9.17, 15) is 4.79 Å². The van der Waals surface area contributed by atoms with Crippen molar-refractivity contribution in [3.63, 3.8) is 0 Å². The van der Waals surface area contributed by atoms with E-state index in [0.29, 0.717) is 0 Å². The zero-order valence-electron chi connectivity index (χ0n) is 10.4. The number of fused-ring (bicyclic) bond motifs is 1. The molecule has 3 aromatic rings. The predicted molar refractivity (Wildman–Crippen MR) is 91.1 cm³/mol. The number of hydrogen-bond acceptors (Lipinski definition) is 3. The molecule has 0 atom stereocenters. The van der Waals surface area contributed by atoms with Crippen LogP contribution in [0.15, 0.2) is 65.7 Å². The molecule has 0 saturated carbocycles. The molecule has 0 saturated heterocycles. The first-order valence-corrected chi connectivity index (χ1v) is 7.96. The normalized spacial score (nSPS) is 10.7. The zero-order chi connectivity index (χ0) is 13.9. The Labute approximate surface area is 134 Å². The standard InChI is InChI=1S/C16H10INOS/c17-13-8-2-1-7-12(13)16(19)20-14-9-3-5-11-6-4-10-18-15(11)14/h1-10H. The lowest BCUT2D eigenvalue weighted by Crippen LogP contribution is -1.96. The highest BCUT2D eigenvalue weighted by Gasteiger charge is 2.13. The molecule has 0 aliphatic carbocycles. The third-order valence-electron chi connectivity index (χ3n) is 2.89. The predicted octanol–water partition coefficient (Wildman–Crippen LogP) is 4.77. The van der Waals surface area contributed by atoms with Gasteiger partial charge < -0.3 is 0 Å². The Morgan fingerprint density at radius 2 is 1.80 bits per heavy atom. The SMILES string of the molecule is O=C(Sc1cccc2cccnc12)c1ccccc1I. The number of thioether (sulfide) groups is 1. The second-order valence-corrected chi connectivity index (χ2v) is 6.38. The van der Waals surface area contributed by atoms with Crippen LogP contribution in [-0.2, 0) is 0 Å². The van der Waals surface area contributed by atoms with Crippen molar-refractivity contribution in [3.8, 4) is 0 Å². The van der Waals surface area contributed by atoms with Gasteiger partial charge in [0.1, 0.15) is 0 Å². The first-order valence-electron chi connectivity index (χ1n) is 6.06. The molecular formula is C16H10INOS. The molecule has 2 aromatic carbocycles. The lowest BCUT2D eigenvalue weighted by Gasteiger charge is -2.05. The van der Waals surface area contributed by atoms with Crippen molar-refractivity contribution in [1.29, 1.82) is 0 Å². The largest absolute Gasteiger partial charge is 0.281 e. The Morgan fingerprint density at radius 3 is 2.65 bits per heavy atom. The summed E-state index contributed by atoms with van der Waals surface area (Å²) < 4.78 is 0.968. The highest BCUT2D eigenvalue weighted by Crippen LogP contribution is 2.30. The van der Waals surface area contributed by atoms with Crippen LogP contribution in [0.4, 0.5) is 0 Å². The second-order valence-electron chi connectivity index (χ2n) is 4.20. The molecule has 0 bridgehead atoms. The summed E-state index contributed by atoms with van der Waals surface area (Å²) in [5.74, 6) is 0. The summed E-state index contributed by atoms with van der Waals surface area (Å²) in [6.45, 7) is 0. The first kappa shape index (κ1) is 13.6. The van der Waals surface area contributed by atoms with Crippen LogP contribution in [0.1, 0.15) is 10.4 Å². The van der Waals surface area contributed by atoms with Crippen molar-refractivity contribution in [2.24, 2.45) is 0 Å². The molecule has 0 radical (unpaired) electrons. The van der Waals surface area contributed by atoms with E-state index in [2.05, 4.69) is 27.6 Å². The number of carbonyl (C=O) groups is 1. The number of carbonyl (C=O) groups excluding carboxylic acids is 1. The minimum Gasteiger partial charge on any atom is -0.281 e. The van der Waals surface area contributed by atoms with Crippen LogP contribution in [0.2, 0.25) is 0 Å². The van der Waals surface area contributed by atoms with Crippen LogP contribution in [0.3, 0.4) is 0 Å². The molecule has 0 fully saturated rings. The summed E-state index contributed by atoms with van der Waals surface area (Å²) in [7, 11) is 0. The van der Waals surface area contributed by atoms with Gasteiger partial charge in [0.2, 0.25) is 5.12 Å². The van der Waals surface area contributed by atoms with E-state index in [-0.39, 0.29) is 5.12 Å². The molecule has 0 aliphatic heterocycles. The molecule has 0 aliphatic rings. The third kappa shape index (κ3) is 2.71. The Balaban J connectivity index is 1.98. The van der Waals surface area contributed by atoms with Crippen molar-refractivity contribution >= 4 is 50.4 Å². The average Bonchev–Trinajstić information content (AvgIpc) is 2.48. The van der Waals surface area contributed by atoms with Gasteiger partial charge in [-0.15, -0.1) is 0 Å². The van der Waals surface area contributed by atoms with Gasteiger partial charge in [0, 0.05) is 25.6 Å². The molecule has 20 heavy (non-hydrogen) atoms. The van der Waals surface area contributed by atoms with Crippen molar-refractivity contribution in [2.75, 3.05) is 0 Å². The van der Waals surface area contributed by atoms with E-state index in [0.717, 1.165) is 24.9 Å². The average molecular weight is 391 g/mol. The van der Waals surface area contributed by atoms with Crippen LogP contribution >= 0.6 is 34.4 Å². The van der Waals surface area contributed by atoms with E-state index in [4.69, 9.17) is 0 Å². The summed E-state index contributed by atoms with van der Waals surface area (Å²) in [5.41, 5.74) is 1.62. The maximum Gasteiger partial charge on any atom is 0.225 e. The van der Waals surface area contributed by atoms with Gasteiger partial charge in [0.25, 0.3) is 0 Å². The van der Waals surface area contributed by atoms with Crippen LogP contribution in [-0.4, -0.2) is 10.1 Å². The van der Waals surface area contributed by atoms with E-state index in [1.54, 1.807) is 6.20 Å². The van der Waals surface area contributed by atoms with Gasteiger partial charge in [-0.25, -0.2) is 0 Å². The van der Waals surface area contributed by atoms with Gasteiger partial charge in [-0.3, -0.25) is 9.78 Å². The molecule has 0 unspecified atom stereocenters. The molecule has 3 rings (SSSR count). The van der Waals surface area contributed by atoms with E-state index in [1.807, 2.05) is 54.6 Å². The lowest BCUT2D eigenvalue weighted by molar-refractivity contribution is 0.108. The number of hydrogen-bond donors (Lipinski definition) is 0. The zero-order valence-corrected chi connectivity index (χ0v) is 13.4. The molecule has 4 heteroatoms. The molecule has 0 N–H and O–H groups in total. The molecule has 1 aromatic heterocycles. The van der Waals surface area contributed by atoms with Gasteiger partial charge in [-0.05, 0) is 58.6 Å². The van der Waals surface area contributed by atoms with Crippen molar-refractivity contribution in [1.82, 2.24) is 4.98 Å². The second kappa shape index (κ2) is 5.93. The Morgan fingerprint density at radius 1 is 1.00 bits per heavy atom. The molecular weight excluding hydrogens is 381 g/mol. The van der Waals surface area contributed by atoms with Gasteiger partial charge >= 0.3 is 0 Å². The number of aromatic nitrogens is 1. The van der Waals surface area contributed by atoms with Crippen LogP contribution in [0.5, 0.6) is 0 Å².